The van der Waals surface area contributed by atoms with Crippen LogP contribution in [0.5, 0.6) is 0 Å². The average molecular weight is 220 g/mol. The normalized spacial score (nSPS) is 24.3. The average Bonchev–Trinajstić information content (AvgIpc) is 2.18. The van der Waals surface area contributed by atoms with Crippen molar-refractivity contribution < 1.29 is 4.74 Å². The van der Waals surface area contributed by atoms with Gasteiger partial charge in [0.05, 0.1) is 17.0 Å². The van der Waals surface area contributed by atoms with Crippen LogP contribution in [0.3, 0.4) is 0 Å². The van der Waals surface area contributed by atoms with Gasteiger partial charge in [0.15, 0.2) is 5.60 Å². The number of rotatable bonds is 3. The smallest absolute Gasteiger partial charge is 0.178 e. The van der Waals surface area contributed by atoms with E-state index in [4.69, 9.17) is 10.00 Å². The lowest BCUT2D eigenvalue weighted by molar-refractivity contribution is -0.0109. The van der Waals surface area contributed by atoms with Gasteiger partial charge in [-0.15, -0.1) is 0 Å². The minimum atomic E-state index is -0.909. The summed E-state index contributed by atoms with van der Waals surface area (Å²) in [6.45, 7) is 3.79. The molecule has 0 bridgehead atoms. The molecule has 3 nitrogen and oxygen atoms in total. The standard InChI is InChI=1S/C11H12N2OS/c1-9(2)14-11(7-12)5-3-4-10(6-11)13-8-15/h3-5,9H,6H2,1-2H3. The molecule has 0 aliphatic heterocycles. The minimum Gasteiger partial charge on any atom is -0.353 e. The molecule has 1 rings (SSSR count). The molecule has 0 saturated carbocycles. The van der Waals surface area contributed by atoms with Crippen LogP contribution in [0.25, 0.3) is 0 Å². The van der Waals surface area contributed by atoms with Gasteiger partial charge in [0, 0.05) is 6.42 Å². The molecular weight excluding hydrogens is 208 g/mol. The molecule has 0 aromatic carbocycles. The molecule has 1 unspecified atom stereocenters. The second kappa shape index (κ2) is 4.99. The number of isothiocyanates is 1. The monoisotopic (exact) mass is 220 g/mol. The van der Waals surface area contributed by atoms with Crippen molar-refractivity contribution in [1.82, 2.24) is 0 Å². The highest BCUT2D eigenvalue weighted by Gasteiger charge is 2.32. The van der Waals surface area contributed by atoms with E-state index >= 15 is 0 Å². The van der Waals surface area contributed by atoms with Crippen LogP contribution in [0.15, 0.2) is 28.9 Å². The number of nitriles is 1. The first-order valence-electron chi connectivity index (χ1n) is 4.67. The number of allylic oxidation sites excluding steroid dienone is 2. The molecule has 0 radical (unpaired) electrons. The lowest BCUT2D eigenvalue weighted by Crippen LogP contribution is -2.33. The van der Waals surface area contributed by atoms with Crippen molar-refractivity contribution in [3.05, 3.63) is 23.9 Å². The quantitative estimate of drug-likeness (QED) is 0.542. The maximum absolute atomic E-state index is 9.13. The van der Waals surface area contributed by atoms with E-state index in [0.29, 0.717) is 6.42 Å². The van der Waals surface area contributed by atoms with E-state index in [1.165, 1.54) is 0 Å². The largest absolute Gasteiger partial charge is 0.353 e. The molecule has 0 aromatic rings. The molecular formula is C11H12N2OS. The van der Waals surface area contributed by atoms with Gasteiger partial charge in [-0.2, -0.15) is 10.3 Å². The van der Waals surface area contributed by atoms with Gasteiger partial charge in [-0.3, -0.25) is 0 Å². The topological polar surface area (TPSA) is 45.4 Å². The maximum atomic E-state index is 9.13. The Labute approximate surface area is 94.8 Å². The zero-order valence-electron chi connectivity index (χ0n) is 8.73. The summed E-state index contributed by atoms with van der Waals surface area (Å²) >= 11 is 4.53. The van der Waals surface area contributed by atoms with E-state index in [1.54, 1.807) is 18.2 Å². The fourth-order valence-corrected chi connectivity index (χ4v) is 1.56. The van der Waals surface area contributed by atoms with Gasteiger partial charge in [0.2, 0.25) is 0 Å². The van der Waals surface area contributed by atoms with Crippen molar-refractivity contribution in [1.29, 1.82) is 5.26 Å². The van der Waals surface area contributed by atoms with Crippen LogP contribution in [0.2, 0.25) is 0 Å². The summed E-state index contributed by atoms with van der Waals surface area (Å²) in [4.78, 5) is 3.88. The Morgan fingerprint density at radius 2 is 2.40 bits per heavy atom. The third-order valence-corrected chi connectivity index (χ3v) is 2.01. The van der Waals surface area contributed by atoms with Gasteiger partial charge in [-0.05, 0) is 38.2 Å². The van der Waals surface area contributed by atoms with Crippen LogP contribution in [0.1, 0.15) is 20.3 Å². The Hall–Kier alpha value is -1.27. The van der Waals surface area contributed by atoms with E-state index in [1.807, 2.05) is 13.8 Å². The molecule has 0 fully saturated rings. The Balaban J connectivity index is 2.89. The summed E-state index contributed by atoms with van der Waals surface area (Å²) in [5.74, 6) is 0. The molecule has 0 saturated heterocycles. The van der Waals surface area contributed by atoms with Crippen molar-refractivity contribution in [2.45, 2.75) is 32.0 Å². The predicted molar refractivity (Wildman–Crippen MR) is 61.4 cm³/mol. The van der Waals surface area contributed by atoms with Crippen molar-refractivity contribution in [2.75, 3.05) is 0 Å². The zero-order chi connectivity index (χ0) is 11.3. The highest BCUT2D eigenvalue weighted by molar-refractivity contribution is 7.78. The van der Waals surface area contributed by atoms with Gasteiger partial charge in [0.25, 0.3) is 0 Å². The van der Waals surface area contributed by atoms with Crippen LogP contribution in [-0.4, -0.2) is 16.9 Å². The summed E-state index contributed by atoms with van der Waals surface area (Å²) in [5, 5.41) is 11.4. The first-order valence-corrected chi connectivity index (χ1v) is 5.08. The summed E-state index contributed by atoms with van der Waals surface area (Å²) in [5.41, 5.74) is -0.191. The highest BCUT2D eigenvalue weighted by Crippen LogP contribution is 2.28. The molecule has 0 aromatic heterocycles. The van der Waals surface area contributed by atoms with Gasteiger partial charge in [-0.25, -0.2) is 0 Å². The zero-order valence-corrected chi connectivity index (χ0v) is 9.54. The molecule has 1 aliphatic carbocycles. The fourth-order valence-electron chi connectivity index (χ4n) is 1.44. The van der Waals surface area contributed by atoms with E-state index in [-0.39, 0.29) is 6.10 Å². The van der Waals surface area contributed by atoms with E-state index < -0.39 is 5.60 Å². The first-order chi connectivity index (χ1) is 7.12. The summed E-state index contributed by atoms with van der Waals surface area (Å²) < 4.78 is 5.59. The lowest BCUT2D eigenvalue weighted by atomic mass is 9.94. The molecule has 0 N–H and O–H groups in total. The second-order valence-corrected chi connectivity index (χ2v) is 3.75. The molecule has 78 valence electrons. The number of ether oxygens (including phenoxy) is 1. The Kier molecular flexibility index (Phi) is 3.93. The highest BCUT2D eigenvalue weighted by atomic mass is 32.1. The predicted octanol–water partition coefficient (Wildman–Crippen LogP) is 2.62. The molecule has 0 spiro atoms. The number of hydrogen-bond acceptors (Lipinski definition) is 4. The van der Waals surface area contributed by atoms with Crippen molar-refractivity contribution in [3.63, 3.8) is 0 Å². The molecule has 4 heteroatoms. The van der Waals surface area contributed by atoms with Gasteiger partial charge in [-0.1, -0.05) is 6.08 Å². The van der Waals surface area contributed by atoms with E-state index in [0.717, 1.165) is 5.70 Å². The Bertz CT molecular complexity index is 386. The summed E-state index contributed by atoms with van der Waals surface area (Å²) in [6, 6.07) is 2.17. The Morgan fingerprint density at radius 1 is 1.67 bits per heavy atom. The summed E-state index contributed by atoms with van der Waals surface area (Å²) in [7, 11) is 0. The SMILES string of the molecule is CC(C)OC1(C#N)C=CC=C(N=C=S)C1. The summed E-state index contributed by atoms with van der Waals surface area (Å²) in [6.07, 6.45) is 5.72. The van der Waals surface area contributed by atoms with Crippen molar-refractivity contribution in [2.24, 2.45) is 4.99 Å². The van der Waals surface area contributed by atoms with E-state index in [9.17, 15) is 0 Å². The second-order valence-electron chi connectivity index (χ2n) is 3.56. The number of aliphatic imine (C=N–C) groups is 1. The Morgan fingerprint density at radius 3 is 2.93 bits per heavy atom. The molecule has 15 heavy (non-hydrogen) atoms. The number of hydrogen-bond donors (Lipinski definition) is 0. The van der Waals surface area contributed by atoms with Crippen LogP contribution in [0, 0.1) is 11.3 Å². The van der Waals surface area contributed by atoms with Crippen molar-refractivity contribution in [3.8, 4) is 6.07 Å². The molecule has 0 heterocycles. The van der Waals surface area contributed by atoms with E-state index in [2.05, 4.69) is 28.4 Å². The molecule has 0 amide bonds. The maximum Gasteiger partial charge on any atom is 0.178 e. The third-order valence-electron chi connectivity index (χ3n) is 1.92. The van der Waals surface area contributed by atoms with Crippen LogP contribution < -0.4 is 0 Å². The number of nitrogens with zero attached hydrogens (tertiary/aromatic N) is 2. The van der Waals surface area contributed by atoms with Crippen LogP contribution in [0.4, 0.5) is 0 Å². The molecule has 1 atom stereocenters. The molecule has 1 aliphatic rings. The van der Waals surface area contributed by atoms with Gasteiger partial charge >= 0.3 is 0 Å². The minimum absolute atomic E-state index is 0.00916. The van der Waals surface area contributed by atoms with Gasteiger partial charge in [0.1, 0.15) is 6.07 Å². The van der Waals surface area contributed by atoms with Crippen LogP contribution >= 0.6 is 12.2 Å². The number of thiocarbonyl (C=S) groups is 1. The van der Waals surface area contributed by atoms with Gasteiger partial charge < -0.3 is 4.74 Å². The lowest BCUT2D eigenvalue weighted by Gasteiger charge is -2.27. The van der Waals surface area contributed by atoms with Crippen LogP contribution in [-0.2, 0) is 4.74 Å². The first kappa shape index (κ1) is 11.8. The third kappa shape index (κ3) is 3.10. The van der Waals surface area contributed by atoms with Crippen molar-refractivity contribution >= 4 is 17.4 Å². The fraction of sp³-hybridized carbons (Fsp3) is 0.455.